The molecule has 0 heterocycles. The van der Waals surface area contributed by atoms with Crippen molar-refractivity contribution in [1.82, 2.24) is 5.32 Å². The molecule has 1 amide bonds. The van der Waals surface area contributed by atoms with Gasteiger partial charge in [-0.1, -0.05) is 60.7 Å². The van der Waals surface area contributed by atoms with Crippen molar-refractivity contribution in [2.75, 3.05) is 5.32 Å². The SMILES string of the molecule is O=C1C=C(N[C@H](Cc2ccccc2)C(=O)Nc2cccc(F)c2)C(=O)c2ccccc21. The van der Waals surface area contributed by atoms with Crippen LogP contribution in [0.15, 0.2) is 90.6 Å². The molecule has 6 heteroatoms. The summed E-state index contributed by atoms with van der Waals surface area (Å²) in [4.78, 5) is 38.4. The van der Waals surface area contributed by atoms with Gasteiger partial charge >= 0.3 is 0 Å². The largest absolute Gasteiger partial charge is 0.370 e. The number of Topliss-reactive ketones (excluding diaryl/α,β-unsaturated/α-hetero) is 1. The minimum absolute atomic E-state index is 0.0547. The molecule has 2 N–H and O–H groups in total. The summed E-state index contributed by atoms with van der Waals surface area (Å²) in [7, 11) is 0. The molecule has 3 aromatic carbocycles. The highest BCUT2D eigenvalue weighted by Gasteiger charge is 2.29. The Labute approximate surface area is 178 Å². The van der Waals surface area contributed by atoms with Crippen LogP contribution in [-0.4, -0.2) is 23.5 Å². The number of carbonyl (C=O) groups excluding carboxylic acids is 3. The third-order valence-corrected chi connectivity index (χ3v) is 4.98. The summed E-state index contributed by atoms with van der Waals surface area (Å²) in [6.45, 7) is 0. The van der Waals surface area contributed by atoms with E-state index in [0.717, 1.165) is 5.56 Å². The number of carbonyl (C=O) groups is 3. The summed E-state index contributed by atoms with van der Waals surface area (Å²) in [5.41, 5.74) is 1.85. The first kappa shape index (κ1) is 20.2. The zero-order valence-electron chi connectivity index (χ0n) is 16.5. The van der Waals surface area contributed by atoms with Crippen LogP contribution in [0.5, 0.6) is 0 Å². The lowest BCUT2D eigenvalue weighted by Gasteiger charge is -2.23. The van der Waals surface area contributed by atoms with Crippen LogP contribution in [-0.2, 0) is 11.2 Å². The quantitative estimate of drug-likeness (QED) is 0.641. The van der Waals surface area contributed by atoms with Gasteiger partial charge < -0.3 is 10.6 Å². The van der Waals surface area contributed by atoms with E-state index in [1.807, 2.05) is 30.3 Å². The number of hydrogen-bond donors (Lipinski definition) is 2. The molecule has 0 bridgehead atoms. The Morgan fingerprint density at radius 1 is 0.871 bits per heavy atom. The Hall–Kier alpha value is -4.06. The smallest absolute Gasteiger partial charge is 0.247 e. The average Bonchev–Trinajstić information content (AvgIpc) is 2.77. The highest BCUT2D eigenvalue weighted by molar-refractivity contribution is 6.24. The number of rotatable bonds is 6. The number of amides is 1. The molecule has 154 valence electrons. The first-order valence-corrected chi connectivity index (χ1v) is 9.78. The summed E-state index contributed by atoms with van der Waals surface area (Å²) in [5, 5.41) is 5.62. The second-order valence-electron chi connectivity index (χ2n) is 7.18. The van der Waals surface area contributed by atoms with E-state index in [1.165, 1.54) is 24.3 Å². The highest BCUT2D eigenvalue weighted by Crippen LogP contribution is 2.21. The maximum absolute atomic E-state index is 13.5. The van der Waals surface area contributed by atoms with Crippen LogP contribution in [0, 0.1) is 5.82 Å². The predicted molar refractivity (Wildman–Crippen MR) is 115 cm³/mol. The third-order valence-electron chi connectivity index (χ3n) is 4.98. The minimum Gasteiger partial charge on any atom is -0.370 e. The van der Waals surface area contributed by atoms with Crippen LogP contribution >= 0.6 is 0 Å². The molecular weight excluding hydrogens is 395 g/mol. The Kier molecular flexibility index (Phi) is 5.71. The molecule has 1 aliphatic carbocycles. The van der Waals surface area contributed by atoms with E-state index >= 15 is 0 Å². The first-order chi connectivity index (χ1) is 15.0. The fourth-order valence-corrected chi connectivity index (χ4v) is 3.47. The number of nitrogens with one attached hydrogen (secondary N) is 2. The fourth-order valence-electron chi connectivity index (χ4n) is 3.47. The van der Waals surface area contributed by atoms with Gasteiger partial charge in [-0.25, -0.2) is 4.39 Å². The molecular formula is C25H19FN2O3. The van der Waals surface area contributed by atoms with Gasteiger partial charge in [0.1, 0.15) is 11.9 Å². The van der Waals surface area contributed by atoms with Gasteiger partial charge in [-0.15, -0.1) is 0 Å². The van der Waals surface area contributed by atoms with Crippen molar-refractivity contribution >= 4 is 23.2 Å². The maximum Gasteiger partial charge on any atom is 0.247 e. The molecule has 1 atom stereocenters. The first-order valence-electron chi connectivity index (χ1n) is 9.78. The fraction of sp³-hybridized carbons (Fsp3) is 0.0800. The molecule has 3 aromatic rings. The predicted octanol–water partition coefficient (Wildman–Crippen LogP) is 3.93. The molecule has 0 radical (unpaired) electrons. The van der Waals surface area contributed by atoms with Gasteiger partial charge in [-0.2, -0.15) is 0 Å². The maximum atomic E-state index is 13.5. The molecule has 31 heavy (non-hydrogen) atoms. The van der Waals surface area contributed by atoms with Crippen LogP contribution in [0.3, 0.4) is 0 Å². The zero-order chi connectivity index (χ0) is 21.8. The van der Waals surface area contributed by atoms with Crippen LogP contribution in [0.2, 0.25) is 0 Å². The normalized spacial score (nSPS) is 13.8. The van der Waals surface area contributed by atoms with Gasteiger partial charge in [0.15, 0.2) is 5.78 Å². The van der Waals surface area contributed by atoms with Gasteiger partial charge in [0.25, 0.3) is 0 Å². The molecule has 5 nitrogen and oxygen atoms in total. The van der Waals surface area contributed by atoms with Crippen molar-refractivity contribution in [2.45, 2.75) is 12.5 Å². The zero-order valence-corrected chi connectivity index (χ0v) is 16.5. The molecule has 4 rings (SSSR count). The summed E-state index contributed by atoms with van der Waals surface area (Å²) in [5.74, 6) is -1.58. The summed E-state index contributed by atoms with van der Waals surface area (Å²) in [6, 6.07) is 20.5. The molecule has 0 aliphatic heterocycles. The number of allylic oxidation sites excluding steroid dienone is 2. The lowest BCUT2D eigenvalue weighted by molar-refractivity contribution is -0.117. The molecule has 1 aliphatic rings. The van der Waals surface area contributed by atoms with Crippen LogP contribution in [0.25, 0.3) is 0 Å². The number of benzene rings is 3. The van der Waals surface area contributed by atoms with Crippen molar-refractivity contribution in [3.8, 4) is 0 Å². The highest BCUT2D eigenvalue weighted by atomic mass is 19.1. The standard InChI is InChI=1S/C25H19FN2O3/c26-17-9-6-10-18(14-17)27-25(31)22(13-16-7-2-1-3-8-16)28-21-15-23(29)19-11-4-5-12-20(19)24(21)30/h1-12,14-15,22,28H,13H2,(H,27,31)/t22-/m1/s1. The lowest BCUT2D eigenvalue weighted by Crippen LogP contribution is -2.44. The number of anilines is 1. The van der Waals surface area contributed by atoms with E-state index in [1.54, 1.807) is 30.3 Å². The second-order valence-corrected chi connectivity index (χ2v) is 7.18. The van der Waals surface area contributed by atoms with Gasteiger partial charge in [0, 0.05) is 29.3 Å². The third kappa shape index (κ3) is 4.59. The summed E-state index contributed by atoms with van der Waals surface area (Å²) in [6.07, 6.45) is 1.49. The number of hydrogen-bond acceptors (Lipinski definition) is 4. The van der Waals surface area contributed by atoms with Crippen molar-refractivity contribution in [2.24, 2.45) is 0 Å². The Morgan fingerprint density at radius 2 is 1.58 bits per heavy atom. The molecule has 0 saturated carbocycles. The van der Waals surface area contributed by atoms with E-state index in [0.29, 0.717) is 16.8 Å². The molecule has 0 spiro atoms. The monoisotopic (exact) mass is 414 g/mol. The molecule has 0 saturated heterocycles. The minimum atomic E-state index is -0.862. The van der Waals surface area contributed by atoms with E-state index in [4.69, 9.17) is 0 Å². The van der Waals surface area contributed by atoms with Gasteiger partial charge in [-0.05, 0) is 23.8 Å². The van der Waals surface area contributed by atoms with Crippen LogP contribution in [0.4, 0.5) is 10.1 Å². The van der Waals surface area contributed by atoms with Gasteiger partial charge in [-0.3, -0.25) is 14.4 Å². The van der Waals surface area contributed by atoms with Crippen molar-refractivity contribution in [3.63, 3.8) is 0 Å². The molecule has 0 fully saturated rings. The van der Waals surface area contributed by atoms with E-state index in [-0.39, 0.29) is 23.7 Å². The van der Waals surface area contributed by atoms with Crippen molar-refractivity contribution < 1.29 is 18.8 Å². The van der Waals surface area contributed by atoms with E-state index in [9.17, 15) is 18.8 Å². The van der Waals surface area contributed by atoms with Crippen LogP contribution in [0.1, 0.15) is 26.3 Å². The number of ketones is 2. The number of fused-ring (bicyclic) bond motifs is 1. The van der Waals surface area contributed by atoms with Crippen molar-refractivity contribution in [1.29, 1.82) is 0 Å². The van der Waals surface area contributed by atoms with Crippen molar-refractivity contribution in [3.05, 3.63) is 113 Å². The molecule has 0 unspecified atom stereocenters. The lowest BCUT2D eigenvalue weighted by atomic mass is 9.92. The van der Waals surface area contributed by atoms with E-state index < -0.39 is 17.8 Å². The molecule has 0 aromatic heterocycles. The van der Waals surface area contributed by atoms with E-state index in [2.05, 4.69) is 10.6 Å². The summed E-state index contributed by atoms with van der Waals surface area (Å²) < 4.78 is 13.5. The topological polar surface area (TPSA) is 75.3 Å². The number of halogens is 1. The Morgan fingerprint density at radius 3 is 2.32 bits per heavy atom. The summed E-state index contributed by atoms with van der Waals surface area (Å²) >= 11 is 0. The average molecular weight is 414 g/mol. The van der Waals surface area contributed by atoms with Crippen LogP contribution < -0.4 is 10.6 Å². The second kappa shape index (κ2) is 8.75. The van der Waals surface area contributed by atoms with Gasteiger partial charge in [0.2, 0.25) is 11.7 Å². The Bertz CT molecular complexity index is 1190. The van der Waals surface area contributed by atoms with Gasteiger partial charge in [0.05, 0.1) is 5.70 Å². The Balaban J connectivity index is 1.61.